The maximum Gasteiger partial charge on any atom is 0.268 e. The number of oxazole rings is 1. The molecule has 0 aliphatic carbocycles. The van der Waals surface area contributed by atoms with Gasteiger partial charge in [-0.3, -0.25) is 14.9 Å². The predicted octanol–water partition coefficient (Wildman–Crippen LogP) is 5.12. The van der Waals surface area contributed by atoms with Gasteiger partial charge in [0.15, 0.2) is 11.7 Å². The summed E-state index contributed by atoms with van der Waals surface area (Å²) in [6.07, 6.45) is 1.64. The Balaban J connectivity index is 1.33. The first-order valence-corrected chi connectivity index (χ1v) is 11.0. The van der Waals surface area contributed by atoms with Crippen molar-refractivity contribution in [1.82, 2.24) is 15.0 Å². The van der Waals surface area contributed by atoms with Crippen molar-refractivity contribution in [3.05, 3.63) is 83.2 Å². The van der Waals surface area contributed by atoms with Gasteiger partial charge >= 0.3 is 0 Å². The van der Waals surface area contributed by atoms with Crippen LogP contribution in [-0.4, -0.2) is 33.8 Å². The fraction of sp³-hybridized carbons (Fsp3) is 0.0833. The summed E-state index contributed by atoms with van der Waals surface area (Å²) in [6, 6.07) is 18.1. The molecule has 9 heteroatoms. The molecule has 0 saturated carbocycles. The van der Waals surface area contributed by atoms with Gasteiger partial charge in [-0.25, -0.2) is 9.97 Å². The topological polar surface area (TPSA) is 104 Å². The molecule has 0 saturated heterocycles. The highest BCUT2D eigenvalue weighted by Crippen LogP contribution is 2.29. The number of carbonyl (C=O) groups excluding carboxylic acids is 2. The summed E-state index contributed by atoms with van der Waals surface area (Å²) in [5.74, 6) is 1.13. The zero-order valence-electron chi connectivity index (χ0n) is 17.8. The van der Waals surface area contributed by atoms with Crippen LogP contribution in [0.1, 0.15) is 25.9 Å². The van der Waals surface area contributed by atoms with E-state index in [1.807, 2.05) is 36.4 Å². The summed E-state index contributed by atoms with van der Waals surface area (Å²) in [5, 5.41) is 2.79. The van der Waals surface area contributed by atoms with Crippen LogP contribution >= 0.6 is 11.3 Å². The lowest BCUT2D eigenvalue weighted by atomic mass is 10.2. The third-order valence-electron chi connectivity index (χ3n) is 5.10. The van der Waals surface area contributed by atoms with Gasteiger partial charge in [0, 0.05) is 25.2 Å². The van der Waals surface area contributed by atoms with E-state index in [1.54, 1.807) is 49.3 Å². The molecule has 33 heavy (non-hydrogen) atoms. The molecule has 0 bridgehead atoms. The highest BCUT2D eigenvalue weighted by molar-refractivity contribution is 7.17. The Morgan fingerprint density at radius 2 is 1.91 bits per heavy atom. The number of thiophene rings is 1. The molecular weight excluding hydrogens is 438 g/mol. The van der Waals surface area contributed by atoms with Crippen molar-refractivity contribution in [2.75, 3.05) is 17.3 Å². The number of hydrogen-bond acceptors (Lipinski definition) is 6. The molecule has 0 fully saturated rings. The van der Waals surface area contributed by atoms with E-state index in [1.165, 1.54) is 11.3 Å². The zero-order valence-corrected chi connectivity index (χ0v) is 18.6. The molecule has 3 aromatic heterocycles. The first-order chi connectivity index (χ1) is 16.0. The van der Waals surface area contributed by atoms with E-state index in [0.717, 1.165) is 4.88 Å². The van der Waals surface area contributed by atoms with E-state index in [9.17, 15) is 9.59 Å². The molecule has 164 valence electrons. The van der Waals surface area contributed by atoms with Crippen LogP contribution in [0.2, 0.25) is 0 Å². The van der Waals surface area contributed by atoms with Crippen LogP contribution in [0.3, 0.4) is 0 Å². The molecule has 2 N–H and O–H groups in total. The fourth-order valence-corrected chi connectivity index (χ4v) is 4.24. The number of hydrogen-bond donors (Lipinski definition) is 2. The average molecular weight is 458 g/mol. The molecule has 2 aromatic carbocycles. The highest BCUT2D eigenvalue weighted by Gasteiger charge is 2.16. The Bertz CT molecular complexity index is 1470. The molecule has 3 heterocycles. The van der Waals surface area contributed by atoms with E-state index < -0.39 is 0 Å². The molecule has 0 radical (unpaired) electrons. The first kappa shape index (κ1) is 20.7. The lowest BCUT2D eigenvalue weighted by Crippen LogP contribution is -2.26. The van der Waals surface area contributed by atoms with E-state index in [4.69, 9.17) is 4.42 Å². The molecule has 0 unspecified atom stereocenters. The van der Waals surface area contributed by atoms with Gasteiger partial charge in [-0.1, -0.05) is 18.2 Å². The number of nitrogens with one attached hydrogen (secondary N) is 2. The lowest BCUT2D eigenvalue weighted by Gasteiger charge is -2.17. The van der Waals surface area contributed by atoms with E-state index in [-0.39, 0.29) is 11.8 Å². The Morgan fingerprint density at radius 3 is 2.67 bits per heavy atom. The van der Waals surface area contributed by atoms with Crippen molar-refractivity contribution in [2.24, 2.45) is 0 Å². The van der Waals surface area contributed by atoms with Gasteiger partial charge < -0.3 is 14.3 Å². The zero-order chi connectivity index (χ0) is 22.9. The van der Waals surface area contributed by atoms with Crippen molar-refractivity contribution >= 4 is 45.8 Å². The van der Waals surface area contributed by atoms with Crippen molar-refractivity contribution < 1.29 is 14.0 Å². The highest BCUT2D eigenvalue weighted by atomic mass is 32.1. The number of nitrogens with zero attached hydrogens (tertiary/aromatic N) is 3. The van der Waals surface area contributed by atoms with Crippen LogP contribution in [0.25, 0.3) is 21.7 Å². The number of H-pyrrole nitrogens is 1. The van der Waals surface area contributed by atoms with Crippen molar-refractivity contribution in [2.45, 2.75) is 6.92 Å². The Morgan fingerprint density at radius 1 is 1.09 bits per heavy atom. The second-order valence-electron chi connectivity index (χ2n) is 7.38. The summed E-state index contributed by atoms with van der Waals surface area (Å²) >= 11 is 1.31. The molecule has 5 aromatic rings. The molecule has 2 amide bonds. The smallest absolute Gasteiger partial charge is 0.268 e. The number of rotatable bonds is 5. The second-order valence-corrected chi connectivity index (χ2v) is 8.46. The number of carbonyl (C=O) groups is 2. The Labute approximate surface area is 192 Å². The SMILES string of the molecule is Cc1ncc(-c2ccc(C(=O)Nc3nc4ccc(N(C)C(=O)c5ccccc5)cc4[nH]3)s2)o1. The Hall–Kier alpha value is -4.24. The normalized spacial score (nSPS) is 11.0. The lowest BCUT2D eigenvalue weighted by molar-refractivity contribution is 0.0991. The van der Waals surface area contributed by atoms with Crippen LogP contribution in [0.4, 0.5) is 11.6 Å². The number of aromatic amines is 1. The predicted molar refractivity (Wildman–Crippen MR) is 128 cm³/mol. The molecule has 0 aliphatic heterocycles. The van der Waals surface area contributed by atoms with Crippen molar-refractivity contribution in [3.8, 4) is 10.6 Å². The summed E-state index contributed by atoms with van der Waals surface area (Å²) in [7, 11) is 1.72. The molecule has 0 aliphatic rings. The average Bonchev–Trinajstić information content (AvgIpc) is 3.57. The van der Waals surface area contributed by atoms with E-state index >= 15 is 0 Å². The number of aromatic nitrogens is 3. The van der Waals surface area contributed by atoms with Gasteiger partial charge in [-0.05, 0) is 42.5 Å². The quantitative estimate of drug-likeness (QED) is 0.381. The van der Waals surface area contributed by atoms with Crippen LogP contribution in [0.5, 0.6) is 0 Å². The van der Waals surface area contributed by atoms with Crippen LogP contribution in [0.15, 0.2) is 71.3 Å². The van der Waals surface area contributed by atoms with Gasteiger partial charge in [-0.2, -0.15) is 0 Å². The van der Waals surface area contributed by atoms with Gasteiger partial charge in [0.25, 0.3) is 11.8 Å². The van der Waals surface area contributed by atoms with Gasteiger partial charge in [0.05, 0.1) is 27.0 Å². The molecule has 5 rings (SSSR count). The number of imidazole rings is 1. The van der Waals surface area contributed by atoms with E-state index in [2.05, 4.69) is 20.3 Å². The maximum atomic E-state index is 12.7. The number of fused-ring (bicyclic) bond motifs is 1. The van der Waals surface area contributed by atoms with Gasteiger partial charge in [0.2, 0.25) is 5.95 Å². The van der Waals surface area contributed by atoms with Gasteiger partial charge in [0.1, 0.15) is 0 Å². The largest absolute Gasteiger partial charge is 0.440 e. The van der Waals surface area contributed by atoms with Gasteiger partial charge in [-0.15, -0.1) is 11.3 Å². The van der Waals surface area contributed by atoms with Crippen LogP contribution < -0.4 is 10.2 Å². The summed E-state index contributed by atoms with van der Waals surface area (Å²) in [4.78, 5) is 40.0. The minimum atomic E-state index is -0.279. The Kier molecular flexibility index (Phi) is 5.23. The number of amides is 2. The second kappa shape index (κ2) is 8.36. The summed E-state index contributed by atoms with van der Waals surface area (Å²) in [5.41, 5.74) is 2.70. The summed E-state index contributed by atoms with van der Waals surface area (Å²) < 4.78 is 5.52. The molecule has 8 nitrogen and oxygen atoms in total. The number of benzene rings is 2. The maximum absolute atomic E-state index is 12.7. The van der Waals surface area contributed by atoms with Crippen LogP contribution in [0, 0.1) is 6.92 Å². The summed E-state index contributed by atoms with van der Waals surface area (Å²) in [6.45, 7) is 1.77. The van der Waals surface area contributed by atoms with Crippen molar-refractivity contribution in [1.29, 1.82) is 0 Å². The molecule has 0 spiro atoms. The van der Waals surface area contributed by atoms with Crippen LogP contribution in [-0.2, 0) is 0 Å². The third kappa shape index (κ3) is 4.13. The number of anilines is 2. The minimum absolute atomic E-state index is 0.113. The van der Waals surface area contributed by atoms with E-state index in [0.29, 0.717) is 44.8 Å². The fourth-order valence-electron chi connectivity index (χ4n) is 3.39. The molecular formula is C24H19N5O3S. The number of aryl methyl sites for hydroxylation is 1. The minimum Gasteiger partial charge on any atom is -0.440 e. The first-order valence-electron chi connectivity index (χ1n) is 10.1. The third-order valence-corrected chi connectivity index (χ3v) is 6.20. The molecule has 0 atom stereocenters. The van der Waals surface area contributed by atoms with Crippen molar-refractivity contribution in [3.63, 3.8) is 0 Å². The monoisotopic (exact) mass is 457 g/mol. The standard InChI is InChI=1S/C24H19N5O3S/c1-14-25-13-19(32-14)20-10-11-21(33-20)22(30)28-24-26-17-9-8-16(12-18(17)27-24)29(2)23(31)15-6-4-3-5-7-15/h3-13H,1-2H3,(H2,26,27,28,30).